The lowest BCUT2D eigenvalue weighted by Gasteiger charge is -2.23. The molecule has 2 rings (SSSR count). The van der Waals surface area contributed by atoms with Gasteiger partial charge in [-0.3, -0.25) is 9.98 Å². The molecule has 0 amide bonds. The van der Waals surface area contributed by atoms with E-state index in [0.717, 1.165) is 41.7 Å². The van der Waals surface area contributed by atoms with Crippen LogP contribution in [0, 0.1) is 0 Å². The Kier molecular flexibility index (Phi) is 9.79. The highest BCUT2D eigenvalue weighted by Crippen LogP contribution is 2.25. The lowest BCUT2D eigenvalue weighted by molar-refractivity contribution is 0.382. The molecule has 0 aliphatic rings. The summed E-state index contributed by atoms with van der Waals surface area (Å²) in [6.07, 6.45) is 2.66. The first-order valence-corrected chi connectivity index (χ1v) is 8.20. The molecule has 0 saturated heterocycles. The number of methoxy groups -OCH3 is 2. The fourth-order valence-corrected chi connectivity index (χ4v) is 2.55. The van der Waals surface area contributed by atoms with E-state index >= 15 is 0 Å². The van der Waals surface area contributed by atoms with E-state index in [0.29, 0.717) is 6.54 Å². The molecule has 7 heteroatoms. The van der Waals surface area contributed by atoms with Crippen molar-refractivity contribution >= 4 is 29.9 Å². The zero-order valence-electron chi connectivity index (χ0n) is 15.7. The van der Waals surface area contributed by atoms with E-state index < -0.39 is 0 Å². The number of nitrogens with zero attached hydrogens (tertiary/aromatic N) is 3. The summed E-state index contributed by atoms with van der Waals surface area (Å²) in [5, 5.41) is 3.37. The molecule has 0 saturated carbocycles. The molecule has 0 aliphatic heterocycles. The van der Waals surface area contributed by atoms with E-state index in [9.17, 15) is 0 Å². The molecule has 0 atom stereocenters. The summed E-state index contributed by atoms with van der Waals surface area (Å²) in [5.74, 6) is 2.41. The van der Waals surface area contributed by atoms with Crippen molar-refractivity contribution in [2.75, 3.05) is 34.9 Å². The average Bonchev–Trinajstić information content (AvgIpc) is 2.66. The van der Waals surface area contributed by atoms with Crippen molar-refractivity contribution < 1.29 is 9.47 Å². The minimum atomic E-state index is 0. The van der Waals surface area contributed by atoms with Crippen molar-refractivity contribution in [2.24, 2.45) is 4.99 Å². The lowest BCUT2D eigenvalue weighted by Crippen LogP contribution is -2.39. The second-order valence-electron chi connectivity index (χ2n) is 5.58. The number of hydrogen-bond donors (Lipinski definition) is 1. The zero-order chi connectivity index (χ0) is 18.1. The van der Waals surface area contributed by atoms with Gasteiger partial charge in [-0.1, -0.05) is 6.07 Å². The molecular weight excluding hydrogens is 443 g/mol. The number of pyridine rings is 1. The predicted octanol–water partition coefficient (Wildman–Crippen LogP) is 2.97. The summed E-state index contributed by atoms with van der Waals surface area (Å²) in [6, 6.07) is 11.8. The van der Waals surface area contributed by atoms with E-state index in [2.05, 4.69) is 20.2 Å². The van der Waals surface area contributed by atoms with Crippen LogP contribution in [0.3, 0.4) is 0 Å². The Labute approximate surface area is 172 Å². The third-order valence-electron chi connectivity index (χ3n) is 3.87. The lowest BCUT2D eigenvalue weighted by atomic mass is 10.2. The largest absolute Gasteiger partial charge is 0.497 e. The summed E-state index contributed by atoms with van der Waals surface area (Å²) >= 11 is 0. The van der Waals surface area contributed by atoms with Crippen LogP contribution in [0.4, 0.5) is 0 Å². The topological polar surface area (TPSA) is 59.0 Å². The van der Waals surface area contributed by atoms with Gasteiger partial charge in [-0.25, -0.2) is 0 Å². The normalized spacial score (nSPS) is 10.7. The Bertz CT molecular complexity index is 695. The Morgan fingerprint density at radius 1 is 1.19 bits per heavy atom. The summed E-state index contributed by atoms with van der Waals surface area (Å²) < 4.78 is 10.7. The molecule has 6 nitrogen and oxygen atoms in total. The fourth-order valence-electron chi connectivity index (χ4n) is 2.55. The number of halogens is 1. The molecule has 142 valence electrons. The SMILES string of the molecule is CN=C(NCCc1ccccn1)N(C)Cc1ccc(OC)cc1OC.I. The van der Waals surface area contributed by atoms with Crippen LogP contribution in [0.1, 0.15) is 11.3 Å². The van der Waals surface area contributed by atoms with Crippen LogP contribution in [0.5, 0.6) is 11.5 Å². The Balaban J connectivity index is 0.00000338. The number of rotatable bonds is 7. The first-order chi connectivity index (χ1) is 12.2. The maximum absolute atomic E-state index is 5.47. The van der Waals surface area contributed by atoms with Crippen LogP contribution in [0.25, 0.3) is 0 Å². The number of aliphatic imine (C=N–C) groups is 1. The van der Waals surface area contributed by atoms with Crippen molar-refractivity contribution in [1.82, 2.24) is 15.2 Å². The highest BCUT2D eigenvalue weighted by atomic mass is 127. The zero-order valence-corrected chi connectivity index (χ0v) is 18.1. The number of guanidine groups is 1. The molecule has 26 heavy (non-hydrogen) atoms. The first kappa shape index (κ1) is 22.0. The van der Waals surface area contributed by atoms with E-state index in [1.54, 1.807) is 21.3 Å². The van der Waals surface area contributed by atoms with Crippen LogP contribution in [-0.4, -0.2) is 50.7 Å². The van der Waals surface area contributed by atoms with Crippen LogP contribution in [0.15, 0.2) is 47.6 Å². The summed E-state index contributed by atoms with van der Waals surface area (Å²) in [5.41, 5.74) is 2.13. The molecule has 0 unspecified atom stereocenters. The van der Waals surface area contributed by atoms with Gasteiger partial charge in [-0.2, -0.15) is 0 Å². The minimum absolute atomic E-state index is 0. The third kappa shape index (κ3) is 6.36. The Hall–Kier alpha value is -2.03. The van der Waals surface area contributed by atoms with Crippen molar-refractivity contribution in [3.05, 3.63) is 53.9 Å². The van der Waals surface area contributed by atoms with Gasteiger partial charge in [0.2, 0.25) is 0 Å². The monoisotopic (exact) mass is 470 g/mol. The Morgan fingerprint density at radius 3 is 2.62 bits per heavy atom. The first-order valence-electron chi connectivity index (χ1n) is 8.20. The number of nitrogens with one attached hydrogen (secondary N) is 1. The van der Waals surface area contributed by atoms with Gasteiger partial charge in [0.1, 0.15) is 11.5 Å². The van der Waals surface area contributed by atoms with E-state index in [4.69, 9.17) is 9.47 Å². The van der Waals surface area contributed by atoms with Crippen LogP contribution in [0.2, 0.25) is 0 Å². The van der Waals surface area contributed by atoms with E-state index in [1.165, 1.54) is 0 Å². The van der Waals surface area contributed by atoms with Crippen LogP contribution >= 0.6 is 24.0 Å². The minimum Gasteiger partial charge on any atom is -0.497 e. The fraction of sp³-hybridized carbons (Fsp3) is 0.368. The smallest absolute Gasteiger partial charge is 0.193 e. The summed E-state index contributed by atoms with van der Waals surface area (Å²) in [6.45, 7) is 1.45. The van der Waals surface area contributed by atoms with Gasteiger partial charge in [-0.05, 0) is 24.3 Å². The maximum atomic E-state index is 5.47. The molecule has 2 aromatic rings. The molecule has 1 heterocycles. The molecular formula is C19H27IN4O2. The molecule has 1 aromatic heterocycles. The van der Waals surface area contributed by atoms with Crippen LogP contribution < -0.4 is 14.8 Å². The maximum Gasteiger partial charge on any atom is 0.193 e. The van der Waals surface area contributed by atoms with E-state index in [1.807, 2.05) is 49.6 Å². The van der Waals surface area contributed by atoms with Gasteiger partial charge >= 0.3 is 0 Å². The van der Waals surface area contributed by atoms with Gasteiger partial charge in [0, 0.05) is 57.1 Å². The van der Waals surface area contributed by atoms with Gasteiger partial charge in [0.25, 0.3) is 0 Å². The number of aromatic nitrogens is 1. The number of ether oxygens (including phenoxy) is 2. The van der Waals surface area contributed by atoms with Crippen molar-refractivity contribution in [1.29, 1.82) is 0 Å². The van der Waals surface area contributed by atoms with Crippen molar-refractivity contribution in [3.8, 4) is 11.5 Å². The number of hydrogen-bond acceptors (Lipinski definition) is 4. The molecule has 0 spiro atoms. The van der Waals surface area contributed by atoms with Gasteiger partial charge in [0.15, 0.2) is 5.96 Å². The highest BCUT2D eigenvalue weighted by molar-refractivity contribution is 14.0. The van der Waals surface area contributed by atoms with E-state index in [-0.39, 0.29) is 24.0 Å². The van der Waals surface area contributed by atoms with Gasteiger partial charge in [-0.15, -0.1) is 24.0 Å². The van der Waals surface area contributed by atoms with Gasteiger partial charge < -0.3 is 19.7 Å². The highest BCUT2D eigenvalue weighted by Gasteiger charge is 2.11. The van der Waals surface area contributed by atoms with Crippen LogP contribution in [-0.2, 0) is 13.0 Å². The summed E-state index contributed by atoms with van der Waals surface area (Å²) in [4.78, 5) is 10.7. The number of benzene rings is 1. The quantitative estimate of drug-likeness (QED) is 0.383. The predicted molar refractivity (Wildman–Crippen MR) is 116 cm³/mol. The molecule has 0 radical (unpaired) electrons. The van der Waals surface area contributed by atoms with Crippen molar-refractivity contribution in [2.45, 2.75) is 13.0 Å². The third-order valence-corrected chi connectivity index (χ3v) is 3.87. The average molecular weight is 470 g/mol. The molecule has 1 N–H and O–H groups in total. The molecule has 0 fully saturated rings. The Morgan fingerprint density at radius 2 is 2.00 bits per heavy atom. The molecule has 0 aliphatic carbocycles. The van der Waals surface area contributed by atoms with Crippen molar-refractivity contribution in [3.63, 3.8) is 0 Å². The molecule has 0 bridgehead atoms. The second-order valence-corrected chi connectivity index (χ2v) is 5.58. The standard InChI is InChI=1S/C19H26N4O2.HI/c1-20-19(22-12-10-16-7-5-6-11-21-16)23(2)14-15-8-9-17(24-3)13-18(15)25-4;/h5-9,11,13H,10,12,14H2,1-4H3,(H,20,22);1H. The van der Waals surface area contributed by atoms with Gasteiger partial charge in [0.05, 0.1) is 14.2 Å². The summed E-state index contributed by atoms with van der Waals surface area (Å²) in [7, 11) is 7.09. The second kappa shape index (κ2) is 11.6. The molecule has 1 aromatic carbocycles.